The summed E-state index contributed by atoms with van der Waals surface area (Å²) in [4.78, 5) is 23.3. The van der Waals surface area contributed by atoms with Gasteiger partial charge in [0.05, 0.1) is 11.1 Å². The Labute approximate surface area is 121 Å². The quantitative estimate of drug-likeness (QED) is 0.504. The van der Waals surface area contributed by atoms with E-state index in [1.54, 1.807) is 24.3 Å². The van der Waals surface area contributed by atoms with Crippen molar-refractivity contribution >= 4 is 23.3 Å². The molecule has 108 valence electrons. The molecule has 0 unspecified atom stereocenters. The second kappa shape index (κ2) is 6.42. The molecular formula is C15H14N2O4. The van der Waals surface area contributed by atoms with Crippen molar-refractivity contribution in [2.75, 3.05) is 18.3 Å². The molecule has 0 spiro atoms. The number of nitrogens with two attached hydrogens (primary N) is 2. The third-order valence-electron chi connectivity index (χ3n) is 2.67. The highest BCUT2D eigenvalue weighted by Crippen LogP contribution is 2.08. The molecular weight excluding hydrogens is 272 g/mol. The van der Waals surface area contributed by atoms with Crippen LogP contribution < -0.4 is 11.5 Å². The second-order valence-corrected chi connectivity index (χ2v) is 4.23. The highest BCUT2D eigenvalue weighted by atomic mass is 16.7. The minimum atomic E-state index is -0.597. The van der Waals surface area contributed by atoms with E-state index in [1.165, 1.54) is 24.3 Å². The summed E-state index contributed by atoms with van der Waals surface area (Å²) in [6, 6.07) is 12.4. The van der Waals surface area contributed by atoms with E-state index in [-0.39, 0.29) is 0 Å². The molecule has 21 heavy (non-hydrogen) atoms. The van der Waals surface area contributed by atoms with Gasteiger partial charge in [-0.05, 0) is 48.5 Å². The highest BCUT2D eigenvalue weighted by molar-refractivity contribution is 5.91. The summed E-state index contributed by atoms with van der Waals surface area (Å²) < 4.78 is 9.67. The summed E-state index contributed by atoms with van der Waals surface area (Å²) in [5.41, 5.74) is 12.8. The molecule has 0 fully saturated rings. The Morgan fingerprint density at radius 1 is 0.714 bits per heavy atom. The van der Waals surface area contributed by atoms with Crippen molar-refractivity contribution in [2.45, 2.75) is 0 Å². The van der Waals surface area contributed by atoms with Crippen molar-refractivity contribution in [1.82, 2.24) is 0 Å². The van der Waals surface area contributed by atoms with Crippen molar-refractivity contribution < 1.29 is 19.1 Å². The molecule has 0 radical (unpaired) electrons. The van der Waals surface area contributed by atoms with E-state index in [9.17, 15) is 9.59 Å². The molecule has 0 aromatic heterocycles. The van der Waals surface area contributed by atoms with Crippen molar-refractivity contribution in [3.8, 4) is 0 Å². The molecule has 0 aliphatic rings. The van der Waals surface area contributed by atoms with Gasteiger partial charge in [0, 0.05) is 11.4 Å². The average molecular weight is 286 g/mol. The van der Waals surface area contributed by atoms with Gasteiger partial charge < -0.3 is 20.9 Å². The van der Waals surface area contributed by atoms with Crippen LogP contribution in [-0.2, 0) is 9.47 Å². The SMILES string of the molecule is Nc1ccc(C(=O)OCOC(=O)c2ccc(N)cc2)cc1. The number of hydrogen-bond donors (Lipinski definition) is 2. The lowest BCUT2D eigenvalue weighted by atomic mass is 10.2. The van der Waals surface area contributed by atoms with Crippen LogP contribution in [0, 0.1) is 0 Å². The maximum Gasteiger partial charge on any atom is 0.341 e. The van der Waals surface area contributed by atoms with Crippen LogP contribution in [0.1, 0.15) is 20.7 Å². The van der Waals surface area contributed by atoms with Gasteiger partial charge in [0.1, 0.15) is 0 Å². The van der Waals surface area contributed by atoms with Gasteiger partial charge >= 0.3 is 11.9 Å². The topological polar surface area (TPSA) is 105 Å². The summed E-state index contributed by atoms with van der Waals surface area (Å²) in [7, 11) is 0. The summed E-state index contributed by atoms with van der Waals surface area (Å²) >= 11 is 0. The second-order valence-electron chi connectivity index (χ2n) is 4.23. The molecule has 4 N–H and O–H groups in total. The molecule has 0 aliphatic carbocycles. The van der Waals surface area contributed by atoms with E-state index >= 15 is 0 Å². The van der Waals surface area contributed by atoms with E-state index in [4.69, 9.17) is 20.9 Å². The van der Waals surface area contributed by atoms with Gasteiger partial charge in [0.25, 0.3) is 0 Å². The minimum absolute atomic E-state index is 0.327. The number of hydrogen-bond acceptors (Lipinski definition) is 6. The largest absolute Gasteiger partial charge is 0.424 e. The lowest BCUT2D eigenvalue weighted by Crippen LogP contribution is -2.13. The maximum absolute atomic E-state index is 11.6. The molecule has 0 saturated heterocycles. The predicted molar refractivity (Wildman–Crippen MR) is 77.4 cm³/mol. The third kappa shape index (κ3) is 3.97. The number of ether oxygens (including phenoxy) is 2. The Hall–Kier alpha value is -3.02. The van der Waals surface area contributed by atoms with Crippen LogP contribution in [0.2, 0.25) is 0 Å². The molecule has 6 heteroatoms. The van der Waals surface area contributed by atoms with Crippen molar-refractivity contribution in [3.63, 3.8) is 0 Å². The maximum atomic E-state index is 11.6. The van der Waals surface area contributed by atoms with Gasteiger partial charge in [-0.2, -0.15) is 0 Å². The fraction of sp³-hybridized carbons (Fsp3) is 0.0667. The Balaban J connectivity index is 1.83. The molecule has 6 nitrogen and oxygen atoms in total. The number of nitrogen functional groups attached to an aromatic ring is 2. The van der Waals surface area contributed by atoms with Gasteiger partial charge in [-0.25, -0.2) is 9.59 Å². The van der Waals surface area contributed by atoms with Crippen molar-refractivity contribution in [3.05, 3.63) is 59.7 Å². The van der Waals surface area contributed by atoms with Gasteiger partial charge in [-0.15, -0.1) is 0 Å². The first-order valence-electron chi connectivity index (χ1n) is 6.11. The van der Waals surface area contributed by atoms with Gasteiger partial charge in [0.2, 0.25) is 6.79 Å². The molecule has 2 aromatic carbocycles. The van der Waals surface area contributed by atoms with Gasteiger partial charge in [0.15, 0.2) is 0 Å². The Bertz CT molecular complexity index is 578. The lowest BCUT2D eigenvalue weighted by Gasteiger charge is -2.06. The standard InChI is InChI=1S/C15H14N2O4/c16-12-5-1-10(2-6-12)14(18)20-9-21-15(19)11-3-7-13(17)8-4-11/h1-8H,9,16-17H2. The summed E-state index contributed by atoms with van der Waals surface area (Å²) in [5.74, 6) is -1.19. The Morgan fingerprint density at radius 2 is 1.05 bits per heavy atom. The number of anilines is 2. The number of carbonyl (C=O) groups excluding carboxylic acids is 2. The first-order chi connectivity index (χ1) is 10.1. The van der Waals surface area contributed by atoms with Crippen LogP contribution in [0.15, 0.2) is 48.5 Å². The first-order valence-corrected chi connectivity index (χ1v) is 6.11. The Kier molecular flexibility index (Phi) is 4.40. The average Bonchev–Trinajstić information content (AvgIpc) is 2.48. The molecule has 0 heterocycles. The van der Waals surface area contributed by atoms with Crippen LogP contribution >= 0.6 is 0 Å². The van der Waals surface area contributed by atoms with Crippen LogP contribution in [0.3, 0.4) is 0 Å². The fourth-order valence-corrected chi connectivity index (χ4v) is 1.54. The summed E-state index contributed by atoms with van der Waals surface area (Å²) in [6.45, 7) is -0.466. The number of rotatable bonds is 4. The van der Waals surface area contributed by atoms with Crippen LogP contribution in [0.25, 0.3) is 0 Å². The predicted octanol–water partition coefficient (Wildman–Crippen LogP) is 1.82. The molecule has 2 rings (SSSR count). The zero-order valence-corrected chi connectivity index (χ0v) is 11.1. The molecule has 0 amide bonds. The van der Waals surface area contributed by atoms with E-state index in [0.717, 1.165) is 0 Å². The molecule has 0 atom stereocenters. The van der Waals surface area contributed by atoms with Gasteiger partial charge in [-0.1, -0.05) is 0 Å². The lowest BCUT2D eigenvalue weighted by molar-refractivity contribution is -0.0167. The van der Waals surface area contributed by atoms with Gasteiger partial charge in [-0.3, -0.25) is 0 Å². The third-order valence-corrected chi connectivity index (χ3v) is 2.67. The summed E-state index contributed by atoms with van der Waals surface area (Å²) in [5, 5.41) is 0. The molecule has 0 bridgehead atoms. The normalized spacial score (nSPS) is 9.90. The molecule has 0 saturated carbocycles. The van der Waals surface area contributed by atoms with Crippen LogP contribution in [-0.4, -0.2) is 18.7 Å². The fourth-order valence-electron chi connectivity index (χ4n) is 1.54. The molecule has 0 aliphatic heterocycles. The zero-order chi connectivity index (χ0) is 15.2. The zero-order valence-electron chi connectivity index (χ0n) is 11.1. The first kappa shape index (κ1) is 14.4. The minimum Gasteiger partial charge on any atom is -0.424 e. The number of benzene rings is 2. The van der Waals surface area contributed by atoms with E-state index in [2.05, 4.69) is 0 Å². The smallest absolute Gasteiger partial charge is 0.341 e. The monoisotopic (exact) mass is 286 g/mol. The van der Waals surface area contributed by atoms with Crippen molar-refractivity contribution in [2.24, 2.45) is 0 Å². The van der Waals surface area contributed by atoms with E-state index < -0.39 is 18.7 Å². The Morgan fingerprint density at radius 3 is 1.38 bits per heavy atom. The number of carbonyl (C=O) groups is 2. The highest BCUT2D eigenvalue weighted by Gasteiger charge is 2.10. The number of esters is 2. The summed E-state index contributed by atoms with van der Waals surface area (Å²) in [6.07, 6.45) is 0. The van der Waals surface area contributed by atoms with E-state index in [1.807, 2.05) is 0 Å². The van der Waals surface area contributed by atoms with Crippen LogP contribution in [0.5, 0.6) is 0 Å². The van der Waals surface area contributed by atoms with Crippen LogP contribution in [0.4, 0.5) is 11.4 Å². The molecule has 2 aromatic rings. The van der Waals surface area contributed by atoms with E-state index in [0.29, 0.717) is 22.5 Å². The van der Waals surface area contributed by atoms with Crippen molar-refractivity contribution in [1.29, 1.82) is 0 Å².